The zero-order valence-corrected chi connectivity index (χ0v) is 15.3. The molecule has 0 aliphatic heterocycles. The Labute approximate surface area is 144 Å². The summed E-state index contributed by atoms with van der Waals surface area (Å²) in [5.41, 5.74) is -1.54. The fourth-order valence-electron chi connectivity index (χ4n) is 2.66. The molecule has 1 rings (SSSR count). The Bertz CT molecular complexity index is 550. The Morgan fingerprint density at radius 1 is 1.21 bits per heavy atom. The van der Waals surface area contributed by atoms with Crippen LogP contribution in [-0.4, -0.2) is 42.2 Å². The van der Waals surface area contributed by atoms with E-state index in [0.29, 0.717) is 12.0 Å². The third kappa shape index (κ3) is 4.65. The molecule has 0 bridgehead atoms. The fourth-order valence-corrected chi connectivity index (χ4v) is 2.66. The SMILES string of the molecule is CN[C@@H](C)C(=O)C(CCCO)(C(=O)OC(C)(C)C)c1ccccc1. The second kappa shape index (κ2) is 8.40. The quantitative estimate of drug-likeness (QED) is 0.563. The average Bonchev–Trinajstić information content (AvgIpc) is 2.53. The lowest BCUT2D eigenvalue weighted by atomic mass is 9.71. The van der Waals surface area contributed by atoms with Gasteiger partial charge >= 0.3 is 5.97 Å². The molecule has 0 aliphatic carbocycles. The van der Waals surface area contributed by atoms with Crippen molar-refractivity contribution >= 4 is 11.8 Å². The predicted molar refractivity (Wildman–Crippen MR) is 93.8 cm³/mol. The molecule has 2 N–H and O–H groups in total. The van der Waals surface area contributed by atoms with Gasteiger partial charge in [-0.15, -0.1) is 0 Å². The van der Waals surface area contributed by atoms with E-state index in [-0.39, 0.29) is 18.8 Å². The molecule has 24 heavy (non-hydrogen) atoms. The number of esters is 1. The van der Waals surface area contributed by atoms with E-state index in [0.717, 1.165) is 0 Å². The van der Waals surface area contributed by atoms with Crippen LogP contribution in [-0.2, 0) is 19.7 Å². The zero-order chi connectivity index (χ0) is 18.4. The highest BCUT2D eigenvalue weighted by atomic mass is 16.6. The molecule has 1 aromatic rings. The lowest BCUT2D eigenvalue weighted by Crippen LogP contribution is -2.53. The molecule has 0 saturated heterocycles. The molecule has 134 valence electrons. The van der Waals surface area contributed by atoms with Crippen molar-refractivity contribution in [2.24, 2.45) is 0 Å². The van der Waals surface area contributed by atoms with Crippen LogP contribution >= 0.6 is 0 Å². The molecule has 1 unspecified atom stereocenters. The third-order valence-electron chi connectivity index (χ3n) is 3.97. The van der Waals surface area contributed by atoms with Crippen molar-refractivity contribution in [1.82, 2.24) is 5.32 Å². The van der Waals surface area contributed by atoms with Crippen LogP contribution in [0.3, 0.4) is 0 Å². The molecule has 5 nitrogen and oxygen atoms in total. The molecule has 0 heterocycles. The summed E-state index contributed by atoms with van der Waals surface area (Å²) in [5, 5.41) is 12.2. The Balaban J connectivity index is 3.49. The van der Waals surface area contributed by atoms with Crippen molar-refractivity contribution in [3.63, 3.8) is 0 Å². The fraction of sp³-hybridized carbons (Fsp3) is 0.579. The van der Waals surface area contributed by atoms with Crippen LogP contribution in [0.1, 0.15) is 46.1 Å². The summed E-state index contributed by atoms with van der Waals surface area (Å²) in [4.78, 5) is 26.3. The van der Waals surface area contributed by atoms with Crippen LogP contribution in [0.2, 0.25) is 0 Å². The Morgan fingerprint density at radius 3 is 2.25 bits per heavy atom. The van der Waals surface area contributed by atoms with Gasteiger partial charge in [0.2, 0.25) is 0 Å². The second-order valence-electron chi connectivity index (χ2n) is 6.98. The zero-order valence-electron chi connectivity index (χ0n) is 15.3. The maximum absolute atomic E-state index is 13.2. The number of aliphatic hydroxyl groups is 1. The van der Waals surface area contributed by atoms with Crippen LogP contribution in [0, 0.1) is 0 Å². The van der Waals surface area contributed by atoms with Crippen molar-refractivity contribution in [3.8, 4) is 0 Å². The lowest BCUT2D eigenvalue weighted by Gasteiger charge is -2.35. The van der Waals surface area contributed by atoms with Gasteiger partial charge in [0.1, 0.15) is 5.60 Å². The van der Waals surface area contributed by atoms with Crippen LogP contribution < -0.4 is 5.32 Å². The smallest absolute Gasteiger partial charge is 0.324 e. The second-order valence-corrected chi connectivity index (χ2v) is 6.98. The van der Waals surface area contributed by atoms with Gasteiger partial charge in [-0.05, 0) is 53.1 Å². The maximum atomic E-state index is 13.2. The van der Waals surface area contributed by atoms with Gasteiger partial charge in [0.05, 0.1) is 6.04 Å². The number of hydrogen-bond acceptors (Lipinski definition) is 5. The molecule has 0 radical (unpaired) electrons. The number of Topliss-reactive ketones (excluding diaryl/α,β-unsaturated/α-hetero) is 1. The number of likely N-dealkylation sites (N-methyl/N-ethyl adjacent to an activating group) is 1. The average molecular weight is 335 g/mol. The number of carbonyl (C=O) groups excluding carboxylic acids is 2. The van der Waals surface area contributed by atoms with Crippen LogP contribution in [0.4, 0.5) is 0 Å². The van der Waals surface area contributed by atoms with Crippen molar-refractivity contribution in [2.45, 2.75) is 57.6 Å². The number of benzene rings is 1. The van der Waals surface area contributed by atoms with Gasteiger partial charge in [0.15, 0.2) is 11.2 Å². The number of ketones is 1. The largest absolute Gasteiger partial charge is 0.459 e. The van der Waals surface area contributed by atoms with E-state index < -0.39 is 23.0 Å². The summed E-state index contributed by atoms with van der Waals surface area (Å²) in [6.45, 7) is 6.96. The molecular weight excluding hydrogens is 306 g/mol. The van der Waals surface area contributed by atoms with E-state index in [4.69, 9.17) is 4.74 Å². The Morgan fingerprint density at radius 2 is 1.79 bits per heavy atom. The molecular formula is C19H29NO4. The molecule has 0 saturated carbocycles. The first-order chi connectivity index (χ1) is 11.2. The van der Waals surface area contributed by atoms with Crippen LogP contribution in [0.25, 0.3) is 0 Å². The molecule has 0 aliphatic rings. The number of aliphatic hydroxyl groups excluding tert-OH is 1. The van der Waals surface area contributed by atoms with Crippen molar-refractivity contribution < 1.29 is 19.4 Å². The van der Waals surface area contributed by atoms with Gasteiger partial charge < -0.3 is 15.2 Å². The number of hydrogen-bond donors (Lipinski definition) is 2. The first kappa shape index (κ1) is 20.3. The molecule has 5 heteroatoms. The van der Waals surface area contributed by atoms with Gasteiger partial charge in [-0.3, -0.25) is 9.59 Å². The molecule has 0 amide bonds. The number of nitrogens with one attached hydrogen (secondary N) is 1. The highest BCUT2D eigenvalue weighted by molar-refractivity contribution is 6.11. The minimum Gasteiger partial charge on any atom is -0.459 e. The maximum Gasteiger partial charge on any atom is 0.324 e. The topological polar surface area (TPSA) is 75.6 Å². The van der Waals surface area contributed by atoms with Crippen LogP contribution in [0.15, 0.2) is 30.3 Å². The van der Waals surface area contributed by atoms with Crippen LogP contribution in [0.5, 0.6) is 0 Å². The minimum absolute atomic E-state index is 0.0986. The monoisotopic (exact) mass is 335 g/mol. The van der Waals surface area contributed by atoms with Gasteiger partial charge in [-0.2, -0.15) is 0 Å². The number of carbonyl (C=O) groups is 2. The third-order valence-corrected chi connectivity index (χ3v) is 3.97. The molecule has 0 aromatic heterocycles. The predicted octanol–water partition coefficient (Wildman–Crippen LogP) is 2.22. The summed E-state index contributed by atoms with van der Waals surface area (Å²) < 4.78 is 5.60. The minimum atomic E-state index is -1.43. The normalized spacial score (nSPS) is 15.4. The lowest BCUT2D eigenvalue weighted by molar-refractivity contribution is -0.165. The van der Waals surface area contributed by atoms with Gasteiger partial charge in [-0.1, -0.05) is 30.3 Å². The molecule has 0 spiro atoms. The standard InChI is InChI=1S/C19H29NO4/c1-14(20-5)16(22)19(12-9-13-21,15-10-7-6-8-11-15)17(23)24-18(2,3)4/h6-8,10-11,14,20-21H,9,12-13H2,1-5H3/t14-,19?/m0/s1. The summed E-state index contributed by atoms with van der Waals surface area (Å²) >= 11 is 0. The number of rotatable bonds is 8. The molecule has 2 atom stereocenters. The van der Waals surface area contributed by atoms with Gasteiger partial charge in [-0.25, -0.2) is 0 Å². The highest BCUT2D eigenvalue weighted by Crippen LogP contribution is 2.35. The Hall–Kier alpha value is -1.72. The van der Waals surface area contributed by atoms with E-state index >= 15 is 0 Å². The van der Waals surface area contributed by atoms with Crippen molar-refractivity contribution in [3.05, 3.63) is 35.9 Å². The van der Waals surface area contributed by atoms with E-state index in [1.165, 1.54) is 0 Å². The summed E-state index contributed by atoms with van der Waals surface area (Å²) in [5.74, 6) is -0.819. The van der Waals surface area contributed by atoms with E-state index in [2.05, 4.69) is 5.32 Å². The first-order valence-electron chi connectivity index (χ1n) is 8.30. The van der Waals surface area contributed by atoms with Crippen molar-refractivity contribution in [1.29, 1.82) is 0 Å². The summed E-state index contributed by atoms with van der Waals surface area (Å²) in [6, 6.07) is 8.44. The van der Waals surface area contributed by atoms with E-state index in [1.54, 1.807) is 59.0 Å². The summed E-state index contributed by atoms with van der Waals surface area (Å²) in [7, 11) is 1.68. The van der Waals surface area contributed by atoms with E-state index in [9.17, 15) is 14.7 Å². The van der Waals surface area contributed by atoms with Crippen molar-refractivity contribution in [2.75, 3.05) is 13.7 Å². The molecule has 0 fully saturated rings. The first-order valence-corrected chi connectivity index (χ1v) is 8.30. The van der Waals surface area contributed by atoms with E-state index in [1.807, 2.05) is 6.07 Å². The van der Waals surface area contributed by atoms with Gasteiger partial charge in [0.25, 0.3) is 0 Å². The number of ether oxygens (including phenoxy) is 1. The summed E-state index contributed by atoms with van der Waals surface area (Å²) in [6.07, 6.45) is 0.531. The Kier molecular flexibility index (Phi) is 7.11. The van der Waals surface area contributed by atoms with Gasteiger partial charge in [0, 0.05) is 6.61 Å². The molecule has 1 aromatic carbocycles. The highest BCUT2D eigenvalue weighted by Gasteiger charge is 2.50.